The number of rotatable bonds is 4. The standard InChI is InChI=1S/C12H18N2O4S/c1-12(2,3)13-19(17,18)14(4)10-7-5-9(6-8-10)11(15)16/h5-8,13H,1-4H3,(H,15,16). The Labute approximate surface area is 113 Å². The van der Waals surface area contributed by atoms with Crippen LogP contribution in [-0.4, -0.2) is 32.1 Å². The van der Waals surface area contributed by atoms with Crippen LogP contribution in [0.25, 0.3) is 0 Å². The summed E-state index contributed by atoms with van der Waals surface area (Å²) in [7, 11) is -2.26. The van der Waals surface area contributed by atoms with E-state index in [0.29, 0.717) is 5.69 Å². The number of nitrogens with one attached hydrogen (secondary N) is 1. The summed E-state index contributed by atoms with van der Waals surface area (Å²) in [6.45, 7) is 5.23. The molecule has 0 fully saturated rings. The maximum absolute atomic E-state index is 12.1. The lowest BCUT2D eigenvalue weighted by Crippen LogP contribution is -2.47. The summed E-state index contributed by atoms with van der Waals surface area (Å²) in [6, 6.07) is 5.62. The average molecular weight is 286 g/mol. The lowest BCUT2D eigenvalue weighted by molar-refractivity contribution is 0.0697. The minimum absolute atomic E-state index is 0.110. The Morgan fingerprint density at radius 2 is 1.68 bits per heavy atom. The number of anilines is 1. The minimum atomic E-state index is -3.67. The minimum Gasteiger partial charge on any atom is -0.478 e. The number of carboxylic acids is 1. The van der Waals surface area contributed by atoms with Crippen molar-refractivity contribution in [1.29, 1.82) is 0 Å². The Balaban J connectivity index is 3.00. The van der Waals surface area contributed by atoms with E-state index in [1.807, 2.05) is 0 Å². The third kappa shape index (κ3) is 4.22. The molecule has 1 aromatic rings. The number of nitrogens with zero attached hydrogens (tertiary/aromatic N) is 1. The highest BCUT2D eigenvalue weighted by atomic mass is 32.2. The summed E-state index contributed by atoms with van der Waals surface area (Å²) in [6.07, 6.45) is 0. The first-order chi connectivity index (χ1) is 8.53. The van der Waals surface area contributed by atoms with Crippen molar-refractivity contribution in [3.05, 3.63) is 29.8 Å². The molecule has 0 saturated carbocycles. The molecule has 0 aliphatic rings. The molecule has 0 aliphatic heterocycles. The largest absolute Gasteiger partial charge is 0.478 e. The van der Waals surface area contributed by atoms with Crippen LogP contribution in [0.1, 0.15) is 31.1 Å². The molecule has 0 aliphatic carbocycles. The zero-order valence-electron chi connectivity index (χ0n) is 11.3. The molecule has 6 nitrogen and oxygen atoms in total. The van der Waals surface area contributed by atoms with E-state index in [0.717, 1.165) is 4.31 Å². The lowest BCUT2D eigenvalue weighted by Gasteiger charge is -2.26. The van der Waals surface area contributed by atoms with Crippen molar-refractivity contribution in [2.75, 3.05) is 11.4 Å². The van der Waals surface area contributed by atoms with Gasteiger partial charge >= 0.3 is 16.2 Å². The zero-order chi connectivity index (χ0) is 14.8. The van der Waals surface area contributed by atoms with E-state index in [2.05, 4.69) is 4.72 Å². The predicted molar refractivity (Wildman–Crippen MR) is 73.6 cm³/mol. The van der Waals surface area contributed by atoms with Gasteiger partial charge in [0, 0.05) is 12.6 Å². The van der Waals surface area contributed by atoms with Crippen molar-refractivity contribution in [3.63, 3.8) is 0 Å². The van der Waals surface area contributed by atoms with Crippen LogP contribution in [0.15, 0.2) is 24.3 Å². The molecule has 2 N–H and O–H groups in total. The van der Waals surface area contributed by atoms with Crippen LogP contribution in [0.5, 0.6) is 0 Å². The van der Waals surface area contributed by atoms with Crippen molar-refractivity contribution < 1.29 is 18.3 Å². The average Bonchev–Trinajstić information content (AvgIpc) is 2.25. The third-order valence-corrected chi connectivity index (χ3v) is 4.08. The van der Waals surface area contributed by atoms with Gasteiger partial charge in [-0.05, 0) is 45.0 Å². The number of aromatic carboxylic acids is 1. The van der Waals surface area contributed by atoms with Gasteiger partial charge in [0.25, 0.3) is 0 Å². The fraction of sp³-hybridized carbons (Fsp3) is 0.417. The number of carbonyl (C=O) groups is 1. The highest BCUT2D eigenvalue weighted by Crippen LogP contribution is 2.17. The van der Waals surface area contributed by atoms with Crippen molar-refractivity contribution >= 4 is 21.9 Å². The monoisotopic (exact) mass is 286 g/mol. The lowest BCUT2D eigenvalue weighted by atomic mass is 10.1. The van der Waals surface area contributed by atoms with Gasteiger partial charge < -0.3 is 5.11 Å². The summed E-state index contributed by atoms with van der Waals surface area (Å²) in [4.78, 5) is 10.7. The van der Waals surface area contributed by atoms with Crippen LogP contribution in [0.2, 0.25) is 0 Å². The molecule has 0 aromatic heterocycles. The summed E-state index contributed by atoms with van der Waals surface area (Å²) in [5, 5.41) is 8.78. The molecule has 1 rings (SSSR count). The fourth-order valence-corrected chi connectivity index (χ4v) is 2.72. The van der Waals surface area contributed by atoms with Crippen LogP contribution < -0.4 is 9.03 Å². The van der Waals surface area contributed by atoms with E-state index in [4.69, 9.17) is 5.11 Å². The molecule has 106 valence electrons. The summed E-state index contributed by atoms with van der Waals surface area (Å²) < 4.78 is 27.7. The van der Waals surface area contributed by atoms with Gasteiger partial charge in [-0.2, -0.15) is 13.1 Å². The Kier molecular flexibility index (Phi) is 4.21. The number of benzene rings is 1. The van der Waals surface area contributed by atoms with E-state index in [1.165, 1.54) is 31.3 Å². The van der Waals surface area contributed by atoms with Gasteiger partial charge in [-0.15, -0.1) is 0 Å². The zero-order valence-corrected chi connectivity index (χ0v) is 12.2. The topological polar surface area (TPSA) is 86.7 Å². The quantitative estimate of drug-likeness (QED) is 0.877. The van der Waals surface area contributed by atoms with E-state index in [1.54, 1.807) is 20.8 Å². The number of hydrogen-bond donors (Lipinski definition) is 2. The molecule has 0 heterocycles. The van der Waals surface area contributed by atoms with E-state index >= 15 is 0 Å². The molecule has 1 aromatic carbocycles. The first kappa shape index (κ1) is 15.5. The predicted octanol–water partition coefficient (Wildman–Crippen LogP) is 1.45. The molecular formula is C12H18N2O4S. The van der Waals surface area contributed by atoms with Crippen LogP contribution in [0.3, 0.4) is 0 Å². The first-order valence-electron chi connectivity index (χ1n) is 5.64. The highest BCUT2D eigenvalue weighted by molar-refractivity contribution is 7.90. The van der Waals surface area contributed by atoms with Gasteiger partial charge in [0.1, 0.15) is 0 Å². The van der Waals surface area contributed by atoms with Gasteiger partial charge in [-0.3, -0.25) is 4.31 Å². The van der Waals surface area contributed by atoms with Crippen molar-refractivity contribution in [1.82, 2.24) is 4.72 Å². The van der Waals surface area contributed by atoms with Gasteiger partial charge in [-0.25, -0.2) is 4.79 Å². The van der Waals surface area contributed by atoms with Crippen LogP contribution in [-0.2, 0) is 10.2 Å². The smallest absolute Gasteiger partial charge is 0.335 e. The van der Waals surface area contributed by atoms with Crippen molar-refractivity contribution in [3.8, 4) is 0 Å². The Morgan fingerprint density at radius 1 is 1.21 bits per heavy atom. The molecular weight excluding hydrogens is 268 g/mol. The number of hydrogen-bond acceptors (Lipinski definition) is 3. The molecule has 19 heavy (non-hydrogen) atoms. The van der Waals surface area contributed by atoms with Crippen LogP contribution in [0, 0.1) is 0 Å². The Morgan fingerprint density at radius 3 is 2.05 bits per heavy atom. The number of carboxylic acid groups (broad SMARTS) is 1. The third-order valence-electron chi connectivity index (χ3n) is 2.27. The van der Waals surface area contributed by atoms with Gasteiger partial charge in [0.2, 0.25) is 0 Å². The second-order valence-electron chi connectivity index (χ2n) is 5.18. The van der Waals surface area contributed by atoms with Crippen molar-refractivity contribution in [2.45, 2.75) is 26.3 Å². The molecule has 0 radical (unpaired) electrons. The summed E-state index contributed by atoms with van der Waals surface area (Å²) in [5.74, 6) is -1.05. The molecule has 7 heteroatoms. The molecule has 0 spiro atoms. The first-order valence-corrected chi connectivity index (χ1v) is 7.08. The van der Waals surface area contributed by atoms with E-state index in [9.17, 15) is 13.2 Å². The van der Waals surface area contributed by atoms with E-state index < -0.39 is 21.7 Å². The second-order valence-corrected chi connectivity index (χ2v) is 6.88. The maximum atomic E-state index is 12.1. The Hall–Kier alpha value is -1.60. The molecule has 0 bridgehead atoms. The summed E-state index contributed by atoms with van der Waals surface area (Å²) in [5.41, 5.74) is -0.0891. The normalized spacial score (nSPS) is 12.2. The van der Waals surface area contributed by atoms with E-state index in [-0.39, 0.29) is 5.56 Å². The van der Waals surface area contributed by atoms with Crippen LogP contribution >= 0.6 is 0 Å². The fourth-order valence-electron chi connectivity index (χ4n) is 1.41. The van der Waals surface area contributed by atoms with Crippen LogP contribution in [0.4, 0.5) is 5.69 Å². The SMILES string of the molecule is CN(c1ccc(C(=O)O)cc1)S(=O)(=O)NC(C)(C)C. The van der Waals surface area contributed by atoms with Gasteiger partial charge in [-0.1, -0.05) is 0 Å². The highest BCUT2D eigenvalue weighted by Gasteiger charge is 2.24. The maximum Gasteiger partial charge on any atom is 0.335 e. The Bertz CT molecular complexity index is 558. The molecule has 0 unspecified atom stereocenters. The van der Waals surface area contributed by atoms with Gasteiger partial charge in [0.15, 0.2) is 0 Å². The molecule has 0 atom stereocenters. The molecule has 0 amide bonds. The van der Waals surface area contributed by atoms with Crippen molar-refractivity contribution in [2.24, 2.45) is 0 Å². The second kappa shape index (κ2) is 5.18. The summed E-state index contributed by atoms with van der Waals surface area (Å²) >= 11 is 0. The van der Waals surface area contributed by atoms with Gasteiger partial charge in [0.05, 0.1) is 11.3 Å². The molecule has 0 saturated heterocycles.